The minimum atomic E-state index is -0.526. The lowest BCUT2D eigenvalue weighted by molar-refractivity contribution is 0.117. The molecule has 1 aliphatic heterocycles. The first-order valence-electron chi connectivity index (χ1n) is 6.46. The third-order valence-electron chi connectivity index (χ3n) is 3.15. The minimum absolute atomic E-state index is 0.256. The van der Waals surface area contributed by atoms with Gasteiger partial charge in [0.25, 0.3) is 0 Å². The van der Waals surface area contributed by atoms with Crippen molar-refractivity contribution in [1.82, 2.24) is 4.90 Å². The maximum Gasteiger partial charge on any atom is 0.231 e. The first-order valence-corrected chi connectivity index (χ1v) is 6.46. The maximum absolute atomic E-state index is 10.2. The van der Waals surface area contributed by atoms with Gasteiger partial charge in [-0.25, -0.2) is 0 Å². The molecule has 0 aliphatic carbocycles. The second-order valence-corrected chi connectivity index (χ2v) is 4.74. The summed E-state index contributed by atoms with van der Waals surface area (Å²) >= 11 is 0. The van der Waals surface area contributed by atoms with Crippen LogP contribution in [0, 0.1) is 0 Å². The molecule has 0 radical (unpaired) electrons. The Bertz CT molecular complexity index is 410. The fourth-order valence-corrected chi connectivity index (χ4v) is 2.09. The summed E-state index contributed by atoms with van der Waals surface area (Å²) in [5, 5.41) is 10.2. The van der Waals surface area contributed by atoms with Crippen molar-refractivity contribution in [3.05, 3.63) is 23.8 Å². The molecule has 1 heterocycles. The summed E-state index contributed by atoms with van der Waals surface area (Å²) < 4.78 is 15.6. The average molecular weight is 267 g/mol. The van der Waals surface area contributed by atoms with Crippen molar-refractivity contribution in [2.45, 2.75) is 12.5 Å². The van der Waals surface area contributed by atoms with Crippen molar-refractivity contribution >= 4 is 0 Å². The number of aliphatic hydroxyl groups excluding tert-OH is 1. The van der Waals surface area contributed by atoms with Gasteiger partial charge in [-0.05, 0) is 31.2 Å². The van der Waals surface area contributed by atoms with Crippen LogP contribution in [0.15, 0.2) is 18.2 Å². The number of fused-ring (bicyclic) bond motifs is 1. The Morgan fingerprint density at radius 1 is 1.37 bits per heavy atom. The Labute approximate surface area is 113 Å². The molecule has 0 bridgehead atoms. The standard InChI is InChI=1S/C14H21NO4/c1-15(6-3-7-17-2)9-12(16)11-4-5-13-14(8-11)19-10-18-13/h4-5,8,12,16H,3,6-7,9-10H2,1-2H3. The summed E-state index contributed by atoms with van der Waals surface area (Å²) in [6, 6.07) is 5.56. The molecule has 0 fully saturated rings. The molecule has 0 saturated heterocycles. The number of hydrogen-bond acceptors (Lipinski definition) is 5. The summed E-state index contributed by atoms with van der Waals surface area (Å²) in [6.45, 7) is 2.48. The molecule has 1 aliphatic rings. The highest BCUT2D eigenvalue weighted by molar-refractivity contribution is 5.45. The minimum Gasteiger partial charge on any atom is -0.454 e. The topological polar surface area (TPSA) is 51.2 Å². The number of rotatable bonds is 7. The van der Waals surface area contributed by atoms with Crippen molar-refractivity contribution in [3.63, 3.8) is 0 Å². The molecule has 1 atom stereocenters. The Balaban J connectivity index is 1.87. The van der Waals surface area contributed by atoms with Gasteiger partial charge in [0.2, 0.25) is 6.79 Å². The van der Waals surface area contributed by atoms with Gasteiger partial charge in [0.15, 0.2) is 11.5 Å². The van der Waals surface area contributed by atoms with Gasteiger partial charge >= 0.3 is 0 Å². The molecule has 5 nitrogen and oxygen atoms in total. The third kappa shape index (κ3) is 3.83. The van der Waals surface area contributed by atoms with Gasteiger partial charge in [0.05, 0.1) is 6.10 Å². The van der Waals surface area contributed by atoms with E-state index in [9.17, 15) is 5.11 Å². The highest BCUT2D eigenvalue weighted by atomic mass is 16.7. The van der Waals surface area contributed by atoms with E-state index in [1.54, 1.807) is 7.11 Å². The van der Waals surface area contributed by atoms with E-state index in [0.29, 0.717) is 12.3 Å². The molecular formula is C14H21NO4. The van der Waals surface area contributed by atoms with Gasteiger partial charge in [-0.2, -0.15) is 0 Å². The van der Waals surface area contributed by atoms with Crippen LogP contribution in [0.2, 0.25) is 0 Å². The van der Waals surface area contributed by atoms with Gasteiger partial charge < -0.3 is 24.2 Å². The van der Waals surface area contributed by atoms with E-state index in [1.807, 2.05) is 25.2 Å². The van der Waals surface area contributed by atoms with E-state index in [0.717, 1.165) is 30.9 Å². The molecule has 1 aromatic rings. The zero-order chi connectivity index (χ0) is 13.7. The summed E-state index contributed by atoms with van der Waals surface area (Å²) in [4.78, 5) is 2.09. The van der Waals surface area contributed by atoms with Gasteiger partial charge in [0.1, 0.15) is 0 Å². The third-order valence-corrected chi connectivity index (χ3v) is 3.15. The Kier molecular flexibility index (Phi) is 5.01. The summed E-state index contributed by atoms with van der Waals surface area (Å²) in [7, 11) is 3.69. The lowest BCUT2D eigenvalue weighted by atomic mass is 10.1. The van der Waals surface area contributed by atoms with E-state index in [1.165, 1.54) is 0 Å². The van der Waals surface area contributed by atoms with E-state index in [2.05, 4.69) is 4.90 Å². The fourth-order valence-electron chi connectivity index (χ4n) is 2.09. The smallest absolute Gasteiger partial charge is 0.231 e. The normalized spacial score (nSPS) is 14.9. The SMILES string of the molecule is COCCCN(C)CC(O)c1ccc2c(c1)OCO2. The first kappa shape index (κ1) is 14.1. The number of benzene rings is 1. The molecule has 1 unspecified atom stereocenters. The molecule has 5 heteroatoms. The number of likely N-dealkylation sites (N-methyl/N-ethyl adjacent to an activating group) is 1. The molecule has 1 N–H and O–H groups in total. The second-order valence-electron chi connectivity index (χ2n) is 4.74. The first-order chi connectivity index (χ1) is 9.20. The molecular weight excluding hydrogens is 246 g/mol. The summed E-state index contributed by atoms with van der Waals surface area (Å²) in [5.74, 6) is 1.45. The molecule has 0 amide bonds. The van der Waals surface area contributed by atoms with Crippen LogP contribution in [0.3, 0.4) is 0 Å². The number of hydrogen-bond donors (Lipinski definition) is 1. The predicted molar refractivity (Wildman–Crippen MR) is 71.5 cm³/mol. The second kappa shape index (κ2) is 6.75. The largest absolute Gasteiger partial charge is 0.454 e. The number of methoxy groups -OCH3 is 1. The van der Waals surface area contributed by atoms with Crippen LogP contribution in [0.25, 0.3) is 0 Å². The number of ether oxygens (including phenoxy) is 3. The fraction of sp³-hybridized carbons (Fsp3) is 0.571. The van der Waals surface area contributed by atoms with Gasteiger partial charge in [-0.1, -0.05) is 6.07 Å². The van der Waals surface area contributed by atoms with Crippen LogP contribution in [0.4, 0.5) is 0 Å². The van der Waals surface area contributed by atoms with Crippen LogP contribution in [-0.4, -0.2) is 50.7 Å². The highest BCUT2D eigenvalue weighted by Gasteiger charge is 2.17. The molecule has 106 valence electrons. The van der Waals surface area contributed by atoms with Crippen molar-refractivity contribution in [1.29, 1.82) is 0 Å². The predicted octanol–water partition coefficient (Wildman–Crippen LogP) is 1.42. The summed E-state index contributed by atoms with van der Waals surface area (Å²) in [5.41, 5.74) is 0.850. The van der Waals surface area contributed by atoms with Crippen LogP contribution in [0.1, 0.15) is 18.1 Å². The summed E-state index contributed by atoms with van der Waals surface area (Å²) in [6.07, 6.45) is 0.433. The van der Waals surface area contributed by atoms with Crippen LogP contribution in [-0.2, 0) is 4.74 Å². The van der Waals surface area contributed by atoms with Gasteiger partial charge in [-0.15, -0.1) is 0 Å². The van der Waals surface area contributed by atoms with Crippen molar-refractivity contribution in [2.24, 2.45) is 0 Å². The van der Waals surface area contributed by atoms with Crippen LogP contribution in [0.5, 0.6) is 11.5 Å². The average Bonchev–Trinajstić information content (AvgIpc) is 2.86. The Morgan fingerprint density at radius 2 is 2.16 bits per heavy atom. The molecule has 0 aromatic heterocycles. The van der Waals surface area contributed by atoms with Crippen molar-refractivity contribution < 1.29 is 19.3 Å². The monoisotopic (exact) mass is 267 g/mol. The van der Waals surface area contributed by atoms with E-state index in [4.69, 9.17) is 14.2 Å². The quantitative estimate of drug-likeness (QED) is 0.757. The number of nitrogens with zero attached hydrogens (tertiary/aromatic N) is 1. The lowest BCUT2D eigenvalue weighted by Gasteiger charge is -2.20. The molecule has 1 aromatic carbocycles. The Morgan fingerprint density at radius 3 is 2.95 bits per heavy atom. The van der Waals surface area contributed by atoms with Crippen LogP contribution >= 0.6 is 0 Å². The lowest BCUT2D eigenvalue weighted by Crippen LogP contribution is -2.26. The Hall–Kier alpha value is -1.30. The number of aliphatic hydroxyl groups is 1. The van der Waals surface area contributed by atoms with Gasteiger partial charge in [-0.3, -0.25) is 0 Å². The van der Waals surface area contributed by atoms with Crippen molar-refractivity contribution in [3.8, 4) is 11.5 Å². The zero-order valence-corrected chi connectivity index (χ0v) is 11.5. The molecule has 19 heavy (non-hydrogen) atoms. The molecule has 0 saturated carbocycles. The van der Waals surface area contributed by atoms with E-state index in [-0.39, 0.29) is 6.79 Å². The highest BCUT2D eigenvalue weighted by Crippen LogP contribution is 2.34. The van der Waals surface area contributed by atoms with Crippen LogP contribution < -0.4 is 9.47 Å². The van der Waals surface area contributed by atoms with Gasteiger partial charge in [0, 0.05) is 26.8 Å². The molecule has 2 rings (SSSR count). The van der Waals surface area contributed by atoms with E-state index >= 15 is 0 Å². The molecule has 0 spiro atoms. The van der Waals surface area contributed by atoms with Crippen molar-refractivity contribution in [2.75, 3.05) is 40.6 Å². The van der Waals surface area contributed by atoms with E-state index < -0.39 is 6.10 Å². The zero-order valence-electron chi connectivity index (χ0n) is 11.5. The maximum atomic E-state index is 10.2.